The standard InChI is InChI=1S/C19H21BrClN3OS/c1-13-16(21)11-15(20)17(23-13)24-18(26)22-12-19(7-9-25-10-8-19)14-5-3-2-4-6-14/h2-6,11H,7-10,12H2,1H3,(H2,22,23,24,26). The summed E-state index contributed by atoms with van der Waals surface area (Å²) in [5.41, 5.74) is 2.09. The van der Waals surface area contributed by atoms with Crippen molar-refractivity contribution in [2.24, 2.45) is 0 Å². The number of aromatic nitrogens is 1. The number of pyridine rings is 1. The van der Waals surface area contributed by atoms with Crippen LogP contribution in [0.1, 0.15) is 24.1 Å². The fourth-order valence-corrected chi connectivity index (χ4v) is 4.04. The van der Waals surface area contributed by atoms with Gasteiger partial charge in [-0.1, -0.05) is 41.9 Å². The fourth-order valence-electron chi connectivity index (χ4n) is 3.17. The highest BCUT2D eigenvalue weighted by atomic mass is 79.9. The third kappa shape index (κ3) is 4.55. The zero-order valence-corrected chi connectivity index (χ0v) is 17.7. The maximum atomic E-state index is 6.09. The summed E-state index contributed by atoms with van der Waals surface area (Å²) >= 11 is 15.1. The Bertz CT molecular complexity index is 782. The van der Waals surface area contributed by atoms with Crippen molar-refractivity contribution in [1.82, 2.24) is 10.3 Å². The number of ether oxygens (including phenoxy) is 1. The monoisotopic (exact) mass is 453 g/mol. The lowest BCUT2D eigenvalue weighted by Gasteiger charge is -2.38. The molecule has 0 atom stereocenters. The van der Waals surface area contributed by atoms with Gasteiger partial charge in [0.25, 0.3) is 0 Å². The predicted molar refractivity (Wildman–Crippen MR) is 114 cm³/mol. The number of benzene rings is 1. The summed E-state index contributed by atoms with van der Waals surface area (Å²) in [4.78, 5) is 4.45. The van der Waals surface area contributed by atoms with E-state index in [1.165, 1.54) is 5.56 Å². The van der Waals surface area contributed by atoms with Gasteiger partial charge in [0.15, 0.2) is 5.11 Å². The van der Waals surface area contributed by atoms with Gasteiger partial charge in [0.1, 0.15) is 5.82 Å². The molecule has 2 N–H and O–H groups in total. The molecule has 7 heteroatoms. The molecule has 26 heavy (non-hydrogen) atoms. The van der Waals surface area contributed by atoms with Crippen LogP contribution in [0.15, 0.2) is 40.9 Å². The highest BCUT2D eigenvalue weighted by molar-refractivity contribution is 9.10. The second-order valence-corrected chi connectivity index (χ2v) is 8.12. The lowest BCUT2D eigenvalue weighted by atomic mass is 9.74. The fraction of sp³-hybridized carbons (Fsp3) is 0.368. The Kier molecular flexibility index (Phi) is 6.51. The first-order chi connectivity index (χ1) is 12.5. The molecule has 1 aromatic heterocycles. The molecule has 0 radical (unpaired) electrons. The Morgan fingerprint density at radius 2 is 2.00 bits per heavy atom. The first kappa shape index (κ1) is 19.5. The summed E-state index contributed by atoms with van der Waals surface area (Å²) in [6.45, 7) is 4.14. The second-order valence-electron chi connectivity index (χ2n) is 6.45. The van der Waals surface area contributed by atoms with Crippen molar-refractivity contribution in [2.75, 3.05) is 25.1 Å². The molecule has 1 aliphatic rings. The number of nitrogens with zero attached hydrogens (tertiary/aromatic N) is 1. The minimum atomic E-state index is 0.0197. The zero-order chi connectivity index (χ0) is 18.6. The van der Waals surface area contributed by atoms with E-state index in [1.807, 2.05) is 19.1 Å². The van der Waals surface area contributed by atoms with Gasteiger partial charge >= 0.3 is 0 Å². The van der Waals surface area contributed by atoms with Gasteiger partial charge < -0.3 is 15.4 Å². The third-order valence-electron chi connectivity index (χ3n) is 4.76. The number of halogens is 2. The van der Waals surface area contributed by atoms with Crippen LogP contribution in [0.5, 0.6) is 0 Å². The van der Waals surface area contributed by atoms with Crippen LogP contribution >= 0.6 is 39.7 Å². The van der Waals surface area contributed by atoms with Crippen LogP contribution in [0.3, 0.4) is 0 Å². The topological polar surface area (TPSA) is 46.2 Å². The van der Waals surface area contributed by atoms with Gasteiger partial charge in [0.2, 0.25) is 0 Å². The quantitative estimate of drug-likeness (QED) is 0.647. The van der Waals surface area contributed by atoms with Gasteiger partial charge in [-0.05, 0) is 59.5 Å². The van der Waals surface area contributed by atoms with Crippen molar-refractivity contribution in [3.05, 3.63) is 57.2 Å². The van der Waals surface area contributed by atoms with E-state index in [1.54, 1.807) is 0 Å². The lowest BCUT2D eigenvalue weighted by molar-refractivity contribution is 0.0515. The first-order valence-electron chi connectivity index (χ1n) is 8.51. The highest BCUT2D eigenvalue weighted by Gasteiger charge is 2.34. The summed E-state index contributed by atoms with van der Waals surface area (Å²) in [6.07, 6.45) is 1.93. The average molecular weight is 455 g/mol. The van der Waals surface area contributed by atoms with Gasteiger partial charge in [-0.25, -0.2) is 4.98 Å². The molecule has 2 aromatic rings. The van der Waals surface area contributed by atoms with Crippen LogP contribution in [-0.4, -0.2) is 29.9 Å². The largest absolute Gasteiger partial charge is 0.381 e. The van der Waals surface area contributed by atoms with Crippen LogP contribution < -0.4 is 10.6 Å². The molecule has 138 valence electrons. The maximum absolute atomic E-state index is 6.09. The lowest BCUT2D eigenvalue weighted by Crippen LogP contribution is -2.45. The summed E-state index contributed by atoms with van der Waals surface area (Å²) < 4.78 is 6.36. The maximum Gasteiger partial charge on any atom is 0.172 e. The van der Waals surface area contributed by atoms with Gasteiger partial charge in [0.05, 0.1) is 15.2 Å². The first-order valence-corrected chi connectivity index (χ1v) is 10.1. The normalized spacial score (nSPS) is 16.1. The number of hydrogen-bond acceptors (Lipinski definition) is 3. The summed E-state index contributed by atoms with van der Waals surface area (Å²) in [5.74, 6) is 0.658. The third-order valence-corrected chi connectivity index (χ3v) is 5.99. The minimum absolute atomic E-state index is 0.0197. The van der Waals surface area contributed by atoms with E-state index < -0.39 is 0 Å². The van der Waals surface area contributed by atoms with E-state index in [4.69, 9.17) is 28.6 Å². The van der Waals surface area contributed by atoms with Crippen LogP contribution in [0.25, 0.3) is 0 Å². The second kappa shape index (κ2) is 8.65. The number of anilines is 1. The van der Waals surface area contributed by atoms with E-state index in [0.717, 1.165) is 42.8 Å². The number of nitrogens with one attached hydrogen (secondary N) is 2. The summed E-state index contributed by atoms with van der Waals surface area (Å²) in [6, 6.07) is 12.4. The molecule has 4 nitrogen and oxygen atoms in total. The van der Waals surface area contributed by atoms with Crippen LogP contribution in [0.4, 0.5) is 5.82 Å². The van der Waals surface area contributed by atoms with E-state index in [9.17, 15) is 0 Å². The Morgan fingerprint density at radius 3 is 2.69 bits per heavy atom. The number of thiocarbonyl (C=S) groups is 1. The van der Waals surface area contributed by atoms with Crippen molar-refractivity contribution in [3.63, 3.8) is 0 Å². The van der Waals surface area contributed by atoms with Gasteiger partial charge in [-0.2, -0.15) is 0 Å². The van der Waals surface area contributed by atoms with E-state index in [0.29, 0.717) is 16.0 Å². The van der Waals surface area contributed by atoms with Crippen molar-refractivity contribution < 1.29 is 4.74 Å². The Labute approximate surface area is 172 Å². The molecule has 2 heterocycles. The molecule has 0 bridgehead atoms. The molecule has 1 saturated heterocycles. The molecular formula is C19H21BrClN3OS. The Balaban J connectivity index is 1.70. The zero-order valence-electron chi connectivity index (χ0n) is 14.5. The van der Waals surface area contributed by atoms with E-state index >= 15 is 0 Å². The molecule has 1 aromatic carbocycles. The molecule has 0 aliphatic carbocycles. The van der Waals surface area contributed by atoms with Gasteiger partial charge in [-0.15, -0.1) is 0 Å². The highest BCUT2D eigenvalue weighted by Crippen LogP contribution is 2.34. The number of hydrogen-bond donors (Lipinski definition) is 2. The summed E-state index contributed by atoms with van der Waals surface area (Å²) in [5, 5.41) is 7.69. The van der Waals surface area contributed by atoms with Crippen LogP contribution in [-0.2, 0) is 10.2 Å². The Morgan fingerprint density at radius 1 is 1.31 bits per heavy atom. The average Bonchev–Trinajstić information content (AvgIpc) is 2.66. The van der Waals surface area contributed by atoms with Crippen molar-refractivity contribution >= 4 is 50.7 Å². The molecule has 0 unspecified atom stereocenters. The number of rotatable bonds is 4. The minimum Gasteiger partial charge on any atom is -0.381 e. The van der Waals surface area contributed by atoms with Crippen molar-refractivity contribution in [3.8, 4) is 0 Å². The molecule has 1 fully saturated rings. The van der Waals surface area contributed by atoms with Crippen LogP contribution in [0, 0.1) is 6.92 Å². The molecule has 1 aliphatic heterocycles. The summed E-state index contributed by atoms with van der Waals surface area (Å²) in [7, 11) is 0. The van der Waals surface area contributed by atoms with E-state index in [2.05, 4.69) is 55.8 Å². The predicted octanol–water partition coefficient (Wildman–Crippen LogP) is 4.84. The Hall–Kier alpha value is -1.21. The number of aryl methyl sites for hydroxylation is 1. The van der Waals surface area contributed by atoms with Crippen molar-refractivity contribution in [2.45, 2.75) is 25.2 Å². The molecular weight excluding hydrogens is 434 g/mol. The van der Waals surface area contributed by atoms with Crippen LogP contribution in [0.2, 0.25) is 5.02 Å². The van der Waals surface area contributed by atoms with Gasteiger partial charge in [-0.3, -0.25) is 0 Å². The molecule has 0 saturated carbocycles. The molecule has 0 spiro atoms. The van der Waals surface area contributed by atoms with Gasteiger partial charge in [0, 0.05) is 25.2 Å². The molecule has 0 amide bonds. The van der Waals surface area contributed by atoms with Crippen molar-refractivity contribution in [1.29, 1.82) is 0 Å². The smallest absolute Gasteiger partial charge is 0.172 e. The SMILES string of the molecule is Cc1nc(NC(=S)NCC2(c3ccccc3)CCOCC2)c(Br)cc1Cl. The molecule has 3 rings (SSSR count). The van der Waals surface area contributed by atoms with E-state index in [-0.39, 0.29) is 5.41 Å².